The Morgan fingerprint density at radius 3 is 3.00 bits per heavy atom. The average Bonchev–Trinajstić information content (AvgIpc) is 2.88. The molecule has 0 atom stereocenters. The van der Waals surface area contributed by atoms with E-state index in [2.05, 4.69) is 20.3 Å². The van der Waals surface area contributed by atoms with E-state index in [4.69, 9.17) is 0 Å². The van der Waals surface area contributed by atoms with Crippen LogP contribution in [0.3, 0.4) is 0 Å². The summed E-state index contributed by atoms with van der Waals surface area (Å²) < 4.78 is 30.3. The number of thioether (sulfide) groups is 1. The van der Waals surface area contributed by atoms with Gasteiger partial charge in [-0.3, -0.25) is 4.79 Å². The molecule has 0 radical (unpaired) electrons. The minimum Gasteiger partial charge on any atom is -0.435 e. The van der Waals surface area contributed by atoms with E-state index in [-0.39, 0.29) is 17.2 Å². The van der Waals surface area contributed by atoms with E-state index in [1.807, 2.05) is 7.05 Å². The van der Waals surface area contributed by atoms with Gasteiger partial charge in [0.1, 0.15) is 12.1 Å². The molecule has 1 aromatic carbocycles. The molecule has 9 heteroatoms. The average molecular weight is 328 g/mol. The summed E-state index contributed by atoms with van der Waals surface area (Å²) in [5.41, 5.74) is 0.266. The number of hydrogen-bond acceptors (Lipinski definition) is 5. The van der Waals surface area contributed by atoms with E-state index < -0.39 is 6.61 Å². The van der Waals surface area contributed by atoms with Gasteiger partial charge in [0.15, 0.2) is 5.16 Å². The van der Waals surface area contributed by atoms with E-state index in [1.54, 1.807) is 10.9 Å². The van der Waals surface area contributed by atoms with Crippen molar-refractivity contribution in [1.29, 1.82) is 0 Å². The van der Waals surface area contributed by atoms with Gasteiger partial charge in [-0.15, -0.1) is 10.2 Å². The number of benzene rings is 1. The zero-order valence-corrected chi connectivity index (χ0v) is 12.5. The fourth-order valence-corrected chi connectivity index (χ4v) is 2.37. The van der Waals surface area contributed by atoms with Crippen LogP contribution in [-0.4, -0.2) is 39.6 Å². The van der Waals surface area contributed by atoms with Gasteiger partial charge in [0.25, 0.3) is 5.91 Å². The molecule has 0 bridgehead atoms. The van der Waals surface area contributed by atoms with Gasteiger partial charge in [-0.2, -0.15) is 8.78 Å². The smallest absolute Gasteiger partial charge is 0.387 e. The van der Waals surface area contributed by atoms with Crippen molar-refractivity contribution in [2.24, 2.45) is 7.05 Å². The van der Waals surface area contributed by atoms with E-state index in [1.165, 1.54) is 36.0 Å². The molecular formula is C13H14F2N4O2S. The second-order valence-corrected chi connectivity index (χ2v) is 5.30. The first-order valence-corrected chi connectivity index (χ1v) is 7.34. The summed E-state index contributed by atoms with van der Waals surface area (Å²) in [6.07, 6.45) is 1.59. The molecule has 0 aliphatic heterocycles. The highest BCUT2D eigenvalue weighted by Gasteiger charge is 2.09. The molecule has 6 nitrogen and oxygen atoms in total. The largest absolute Gasteiger partial charge is 0.435 e. The summed E-state index contributed by atoms with van der Waals surface area (Å²) in [6, 6.07) is 5.66. The fraction of sp³-hybridized carbons (Fsp3) is 0.308. The van der Waals surface area contributed by atoms with Crippen molar-refractivity contribution in [3.8, 4) is 5.75 Å². The van der Waals surface area contributed by atoms with Gasteiger partial charge >= 0.3 is 6.61 Å². The molecule has 2 rings (SSSR count). The highest BCUT2D eigenvalue weighted by Crippen LogP contribution is 2.16. The molecule has 0 spiro atoms. The highest BCUT2D eigenvalue weighted by molar-refractivity contribution is 7.99. The van der Waals surface area contributed by atoms with Crippen molar-refractivity contribution in [2.45, 2.75) is 11.8 Å². The van der Waals surface area contributed by atoms with Crippen LogP contribution in [0.2, 0.25) is 0 Å². The Morgan fingerprint density at radius 1 is 1.50 bits per heavy atom. The van der Waals surface area contributed by atoms with Crippen molar-refractivity contribution in [3.05, 3.63) is 36.2 Å². The molecule has 22 heavy (non-hydrogen) atoms. The minimum absolute atomic E-state index is 0.0453. The third-order valence-electron chi connectivity index (χ3n) is 2.61. The van der Waals surface area contributed by atoms with Gasteiger partial charge in [-0.1, -0.05) is 17.8 Å². The first-order chi connectivity index (χ1) is 10.6. The molecule has 1 amide bonds. The topological polar surface area (TPSA) is 69.0 Å². The summed E-state index contributed by atoms with van der Waals surface area (Å²) in [5.74, 6) is 0.222. The Hall–Kier alpha value is -2.16. The number of carbonyl (C=O) groups excluding carboxylic acids is 1. The van der Waals surface area contributed by atoms with Crippen LogP contribution in [-0.2, 0) is 7.05 Å². The van der Waals surface area contributed by atoms with E-state index >= 15 is 0 Å². The van der Waals surface area contributed by atoms with Crippen molar-refractivity contribution in [2.75, 3.05) is 12.3 Å². The number of nitrogens with zero attached hydrogens (tertiary/aromatic N) is 3. The van der Waals surface area contributed by atoms with Crippen molar-refractivity contribution < 1.29 is 18.3 Å². The van der Waals surface area contributed by atoms with Gasteiger partial charge in [0, 0.05) is 24.9 Å². The molecule has 1 N–H and O–H groups in total. The van der Waals surface area contributed by atoms with Gasteiger partial charge < -0.3 is 14.6 Å². The summed E-state index contributed by atoms with van der Waals surface area (Å²) in [4.78, 5) is 11.9. The Labute approximate surface area is 129 Å². The Bertz CT molecular complexity index is 636. The number of aromatic nitrogens is 3. The Morgan fingerprint density at radius 2 is 2.32 bits per heavy atom. The lowest BCUT2D eigenvalue weighted by Crippen LogP contribution is -2.25. The number of alkyl halides is 2. The SMILES string of the molecule is Cn1cnnc1SCCNC(=O)c1cccc(OC(F)F)c1. The van der Waals surface area contributed by atoms with Crippen LogP contribution in [0.5, 0.6) is 5.75 Å². The number of amides is 1. The molecule has 0 fully saturated rings. The van der Waals surface area contributed by atoms with Crippen molar-refractivity contribution in [3.63, 3.8) is 0 Å². The first kappa shape index (κ1) is 16.2. The van der Waals surface area contributed by atoms with Gasteiger partial charge in [0.2, 0.25) is 0 Å². The summed E-state index contributed by atoms with van der Waals surface area (Å²) >= 11 is 1.45. The molecule has 0 aliphatic rings. The molecule has 0 saturated heterocycles. The lowest BCUT2D eigenvalue weighted by atomic mass is 10.2. The maximum absolute atomic E-state index is 12.1. The molecule has 2 aromatic rings. The van der Waals surface area contributed by atoms with Crippen LogP contribution >= 0.6 is 11.8 Å². The number of carbonyl (C=O) groups is 1. The van der Waals surface area contributed by atoms with Crippen LogP contribution < -0.4 is 10.1 Å². The zero-order valence-electron chi connectivity index (χ0n) is 11.7. The van der Waals surface area contributed by atoms with Gasteiger partial charge in [-0.05, 0) is 18.2 Å². The molecular weight excluding hydrogens is 314 g/mol. The number of nitrogens with one attached hydrogen (secondary N) is 1. The normalized spacial score (nSPS) is 10.7. The fourth-order valence-electron chi connectivity index (χ4n) is 1.63. The Balaban J connectivity index is 1.81. The van der Waals surface area contributed by atoms with Crippen molar-refractivity contribution >= 4 is 17.7 Å². The third kappa shape index (κ3) is 4.69. The lowest BCUT2D eigenvalue weighted by Gasteiger charge is -2.07. The van der Waals surface area contributed by atoms with E-state index in [0.29, 0.717) is 12.3 Å². The van der Waals surface area contributed by atoms with E-state index in [0.717, 1.165) is 5.16 Å². The predicted octanol–water partition coefficient (Wildman–Crippen LogP) is 1.94. The molecule has 118 valence electrons. The van der Waals surface area contributed by atoms with E-state index in [9.17, 15) is 13.6 Å². The summed E-state index contributed by atoms with van der Waals surface area (Å²) in [5, 5.41) is 11.1. The van der Waals surface area contributed by atoms with Crippen LogP contribution in [0.4, 0.5) is 8.78 Å². The third-order valence-corrected chi connectivity index (χ3v) is 3.65. The second kappa shape index (κ2) is 7.74. The Kier molecular flexibility index (Phi) is 5.70. The van der Waals surface area contributed by atoms with Crippen molar-refractivity contribution in [1.82, 2.24) is 20.1 Å². The monoisotopic (exact) mass is 328 g/mol. The molecule has 0 saturated carbocycles. The summed E-state index contributed by atoms with van der Waals surface area (Å²) in [6.45, 7) is -2.50. The number of halogens is 2. The second-order valence-electron chi connectivity index (χ2n) is 4.24. The molecule has 1 aromatic heterocycles. The molecule has 0 unspecified atom stereocenters. The zero-order chi connectivity index (χ0) is 15.9. The lowest BCUT2D eigenvalue weighted by molar-refractivity contribution is -0.0498. The highest BCUT2D eigenvalue weighted by atomic mass is 32.2. The minimum atomic E-state index is -2.92. The number of ether oxygens (including phenoxy) is 1. The standard InChI is InChI=1S/C13H14F2N4O2S/c1-19-8-17-18-13(19)22-6-5-16-11(20)9-3-2-4-10(7-9)21-12(14)15/h2-4,7-8,12H,5-6H2,1H3,(H,16,20). The maximum atomic E-state index is 12.1. The summed E-state index contributed by atoms with van der Waals surface area (Å²) in [7, 11) is 1.83. The quantitative estimate of drug-likeness (QED) is 0.621. The van der Waals surface area contributed by atoms with Crippen LogP contribution in [0, 0.1) is 0 Å². The number of hydrogen-bond donors (Lipinski definition) is 1. The molecule has 0 aliphatic carbocycles. The predicted molar refractivity (Wildman–Crippen MR) is 77.1 cm³/mol. The van der Waals surface area contributed by atoms with Crippen LogP contribution in [0.25, 0.3) is 0 Å². The number of aryl methyl sites for hydroxylation is 1. The van der Waals surface area contributed by atoms with Crippen LogP contribution in [0.1, 0.15) is 10.4 Å². The first-order valence-electron chi connectivity index (χ1n) is 6.36. The number of rotatable bonds is 7. The molecule has 1 heterocycles. The van der Waals surface area contributed by atoms with Crippen LogP contribution in [0.15, 0.2) is 35.7 Å². The van der Waals surface area contributed by atoms with Gasteiger partial charge in [0.05, 0.1) is 0 Å². The maximum Gasteiger partial charge on any atom is 0.387 e. The van der Waals surface area contributed by atoms with Gasteiger partial charge in [-0.25, -0.2) is 0 Å².